The molecular weight excluding hydrogens is 318 g/mol. The highest BCUT2D eigenvalue weighted by Gasteiger charge is 2.17. The molecule has 0 aliphatic rings. The van der Waals surface area contributed by atoms with Crippen LogP contribution >= 0.6 is 27.5 Å². The molecule has 0 saturated heterocycles. The van der Waals surface area contributed by atoms with E-state index in [9.17, 15) is 0 Å². The Balaban J connectivity index is 2.32. The van der Waals surface area contributed by atoms with Gasteiger partial charge in [0.15, 0.2) is 5.82 Å². The van der Waals surface area contributed by atoms with Gasteiger partial charge in [0.2, 0.25) is 0 Å². The van der Waals surface area contributed by atoms with Crippen LogP contribution < -0.4 is 5.73 Å². The highest BCUT2D eigenvalue weighted by molar-refractivity contribution is 9.10. The summed E-state index contributed by atoms with van der Waals surface area (Å²) in [5.74, 6) is 0.908. The molecular formula is C12H13BrClN3O. The summed E-state index contributed by atoms with van der Waals surface area (Å²) in [5.41, 5.74) is 6.64. The summed E-state index contributed by atoms with van der Waals surface area (Å²) in [6.45, 7) is 2.06. The lowest BCUT2D eigenvalue weighted by molar-refractivity contribution is 0.413. The Kier molecular flexibility index (Phi) is 4.37. The summed E-state index contributed by atoms with van der Waals surface area (Å²) in [4.78, 5) is 4.29. The van der Waals surface area contributed by atoms with Gasteiger partial charge in [0, 0.05) is 4.47 Å². The number of hydrogen-bond acceptors (Lipinski definition) is 4. The average molecular weight is 331 g/mol. The SMILES string of the molecule is CCCC(N)c1noc(-c2cccc(Br)c2Cl)n1. The summed E-state index contributed by atoms with van der Waals surface area (Å²) in [7, 11) is 0. The third kappa shape index (κ3) is 2.74. The van der Waals surface area contributed by atoms with Crippen molar-refractivity contribution in [3.63, 3.8) is 0 Å². The van der Waals surface area contributed by atoms with E-state index in [0.29, 0.717) is 22.3 Å². The van der Waals surface area contributed by atoms with Crippen LogP contribution in [-0.4, -0.2) is 10.1 Å². The summed E-state index contributed by atoms with van der Waals surface area (Å²) in [6.07, 6.45) is 1.80. The number of rotatable bonds is 4. The lowest BCUT2D eigenvalue weighted by Crippen LogP contribution is -2.11. The van der Waals surface area contributed by atoms with Gasteiger partial charge in [-0.25, -0.2) is 0 Å². The summed E-state index contributed by atoms with van der Waals surface area (Å²) in [5, 5.41) is 4.45. The van der Waals surface area contributed by atoms with Crippen LogP contribution in [0.5, 0.6) is 0 Å². The second-order valence-corrected chi connectivity index (χ2v) is 5.19. The molecule has 0 aliphatic heterocycles. The molecule has 96 valence electrons. The van der Waals surface area contributed by atoms with Crippen LogP contribution in [-0.2, 0) is 0 Å². The minimum atomic E-state index is -0.196. The maximum atomic E-state index is 6.17. The van der Waals surface area contributed by atoms with Crippen molar-refractivity contribution in [1.82, 2.24) is 10.1 Å². The summed E-state index contributed by atoms with van der Waals surface area (Å²) < 4.78 is 6.00. The molecule has 1 aromatic carbocycles. The molecule has 6 heteroatoms. The largest absolute Gasteiger partial charge is 0.334 e. The predicted molar refractivity (Wildman–Crippen MR) is 74.3 cm³/mol. The molecule has 0 saturated carbocycles. The second kappa shape index (κ2) is 5.82. The van der Waals surface area contributed by atoms with E-state index in [0.717, 1.165) is 17.3 Å². The topological polar surface area (TPSA) is 64.9 Å². The fourth-order valence-electron chi connectivity index (χ4n) is 1.60. The Morgan fingerprint density at radius 2 is 2.28 bits per heavy atom. The lowest BCUT2D eigenvalue weighted by Gasteiger charge is -2.03. The second-order valence-electron chi connectivity index (χ2n) is 3.95. The molecule has 0 radical (unpaired) electrons. The minimum Gasteiger partial charge on any atom is -0.334 e. The van der Waals surface area contributed by atoms with E-state index in [4.69, 9.17) is 21.9 Å². The molecule has 2 rings (SSSR count). The Bertz CT molecular complexity index is 544. The molecule has 2 N–H and O–H groups in total. The van der Waals surface area contributed by atoms with Gasteiger partial charge in [-0.2, -0.15) is 4.98 Å². The number of nitrogens with zero attached hydrogens (tertiary/aromatic N) is 2. The molecule has 1 aromatic heterocycles. The molecule has 0 aliphatic carbocycles. The predicted octanol–water partition coefficient (Wildman–Crippen LogP) is 3.95. The molecule has 4 nitrogen and oxygen atoms in total. The summed E-state index contributed by atoms with van der Waals surface area (Å²) in [6, 6.07) is 5.35. The minimum absolute atomic E-state index is 0.196. The van der Waals surface area contributed by atoms with Gasteiger partial charge in [0.25, 0.3) is 5.89 Å². The number of aromatic nitrogens is 2. The van der Waals surface area contributed by atoms with Gasteiger partial charge in [-0.3, -0.25) is 0 Å². The van der Waals surface area contributed by atoms with E-state index >= 15 is 0 Å². The van der Waals surface area contributed by atoms with Gasteiger partial charge in [-0.05, 0) is 34.5 Å². The van der Waals surface area contributed by atoms with Gasteiger partial charge in [-0.1, -0.05) is 36.2 Å². The molecule has 0 bridgehead atoms. The lowest BCUT2D eigenvalue weighted by atomic mass is 10.2. The van der Waals surface area contributed by atoms with Gasteiger partial charge >= 0.3 is 0 Å². The first-order valence-electron chi connectivity index (χ1n) is 5.67. The van der Waals surface area contributed by atoms with Crippen LogP contribution in [0, 0.1) is 0 Å². The highest BCUT2D eigenvalue weighted by atomic mass is 79.9. The Morgan fingerprint density at radius 1 is 1.50 bits per heavy atom. The van der Waals surface area contributed by atoms with E-state index in [2.05, 4.69) is 33.0 Å². The van der Waals surface area contributed by atoms with Crippen molar-refractivity contribution in [3.05, 3.63) is 33.5 Å². The normalized spacial score (nSPS) is 12.7. The van der Waals surface area contributed by atoms with Crippen molar-refractivity contribution in [2.24, 2.45) is 5.73 Å². The van der Waals surface area contributed by atoms with Crippen molar-refractivity contribution < 1.29 is 4.52 Å². The fourth-order valence-corrected chi connectivity index (χ4v) is 2.18. The smallest absolute Gasteiger partial charge is 0.259 e. The average Bonchev–Trinajstić information content (AvgIpc) is 2.82. The van der Waals surface area contributed by atoms with E-state index in [1.165, 1.54) is 0 Å². The third-order valence-corrected chi connectivity index (χ3v) is 3.85. The number of halogens is 2. The van der Waals surface area contributed by atoms with E-state index in [1.807, 2.05) is 18.2 Å². The third-order valence-electron chi connectivity index (χ3n) is 2.56. The van der Waals surface area contributed by atoms with Crippen molar-refractivity contribution in [2.45, 2.75) is 25.8 Å². The first-order chi connectivity index (χ1) is 8.63. The highest BCUT2D eigenvalue weighted by Crippen LogP contribution is 2.33. The van der Waals surface area contributed by atoms with Crippen LogP contribution in [0.2, 0.25) is 5.02 Å². The first kappa shape index (κ1) is 13.5. The maximum absolute atomic E-state index is 6.17. The Labute approximate surface area is 119 Å². The molecule has 1 atom stereocenters. The first-order valence-corrected chi connectivity index (χ1v) is 6.84. The van der Waals surface area contributed by atoms with Crippen LogP contribution in [0.25, 0.3) is 11.5 Å². The number of nitrogens with two attached hydrogens (primary N) is 1. The zero-order valence-corrected chi connectivity index (χ0v) is 12.2. The van der Waals surface area contributed by atoms with Crippen LogP contribution in [0.3, 0.4) is 0 Å². The van der Waals surface area contributed by atoms with E-state index < -0.39 is 0 Å². The monoisotopic (exact) mass is 329 g/mol. The molecule has 1 unspecified atom stereocenters. The Hall–Kier alpha value is -0.910. The molecule has 0 amide bonds. The van der Waals surface area contributed by atoms with E-state index in [1.54, 1.807) is 0 Å². The zero-order valence-electron chi connectivity index (χ0n) is 9.86. The van der Waals surface area contributed by atoms with Crippen molar-refractivity contribution in [1.29, 1.82) is 0 Å². The van der Waals surface area contributed by atoms with Crippen LogP contribution in [0.4, 0.5) is 0 Å². The fraction of sp³-hybridized carbons (Fsp3) is 0.333. The molecule has 0 spiro atoms. The quantitative estimate of drug-likeness (QED) is 0.921. The molecule has 1 heterocycles. The van der Waals surface area contributed by atoms with Crippen LogP contribution in [0.1, 0.15) is 31.6 Å². The zero-order chi connectivity index (χ0) is 13.1. The van der Waals surface area contributed by atoms with Gasteiger partial charge in [0.1, 0.15) is 0 Å². The van der Waals surface area contributed by atoms with E-state index in [-0.39, 0.29) is 6.04 Å². The number of hydrogen-bond donors (Lipinski definition) is 1. The van der Waals surface area contributed by atoms with Crippen molar-refractivity contribution in [3.8, 4) is 11.5 Å². The Morgan fingerprint density at radius 3 is 3.00 bits per heavy atom. The van der Waals surface area contributed by atoms with Crippen molar-refractivity contribution in [2.75, 3.05) is 0 Å². The number of benzene rings is 1. The van der Waals surface area contributed by atoms with Crippen LogP contribution in [0.15, 0.2) is 27.2 Å². The van der Waals surface area contributed by atoms with Gasteiger partial charge in [-0.15, -0.1) is 0 Å². The molecule has 0 fully saturated rings. The van der Waals surface area contributed by atoms with Gasteiger partial charge < -0.3 is 10.3 Å². The van der Waals surface area contributed by atoms with Crippen molar-refractivity contribution >= 4 is 27.5 Å². The molecule has 18 heavy (non-hydrogen) atoms. The van der Waals surface area contributed by atoms with Gasteiger partial charge in [0.05, 0.1) is 16.6 Å². The summed E-state index contributed by atoms with van der Waals surface area (Å²) >= 11 is 9.53. The standard InChI is InChI=1S/C12H13BrClN3O/c1-2-4-9(15)11-16-12(18-17-11)7-5-3-6-8(13)10(7)14/h3,5-6,9H,2,4,15H2,1H3. The molecule has 2 aromatic rings. The maximum Gasteiger partial charge on any atom is 0.259 e.